The van der Waals surface area contributed by atoms with Crippen LogP contribution in [-0.4, -0.2) is 27.9 Å². The lowest BCUT2D eigenvalue weighted by atomic mass is 10.5. The van der Waals surface area contributed by atoms with Crippen molar-refractivity contribution in [2.24, 2.45) is 0 Å². The fourth-order valence-electron chi connectivity index (χ4n) is 0.0956. The molecule has 0 fully saturated rings. The van der Waals surface area contributed by atoms with E-state index in [4.69, 9.17) is 10.2 Å². The minimum atomic E-state index is -0.787. The lowest BCUT2D eigenvalue weighted by Crippen LogP contribution is -1.93. The Labute approximate surface area is 76.8 Å². The number of thiol groups is 1. The Morgan fingerprint density at radius 1 is 1.25 bits per heavy atom. The van der Waals surface area contributed by atoms with Crippen LogP contribution in [0.25, 0.3) is 0 Å². The summed E-state index contributed by atoms with van der Waals surface area (Å²) < 4.78 is 0. The van der Waals surface area contributed by atoms with E-state index in [9.17, 15) is 9.59 Å². The van der Waals surface area contributed by atoms with E-state index in [1.165, 1.54) is 0 Å². The van der Waals surface area contributed by atoms with Gasteiger partial charge in [-0.1, -0.05) is 6.92 Å². The zero-order valence-corrected chi connectivity index (χ0v) is 7.88. The Hall–Kier alpha value is -0.750. The van der Waals surface area contributed by atoms with E-state index in [0.717, 1.165) is 0 Å². The van der Waals surface area contributed by atoms with Gasteiger partial charge in [0.05, 0.1) is 6.42 Å². The molecule has 0 unspecified atom stereocenters. The molecule has 0 aromatic rings. The van der Waals surface area contributed by atoms with Crippen LogP contribution in [-0.2, 0) is 9.59 Å². The van der Waals surface area contributed by atoms with Crippen LogP contribution in [0.2, 0.25) is 0 Å². The van der Waals surface area contributed by atoms with Gasteiger partial charge in [0, 0.05) is 12.2 Å². The normalized spacial score (nSPS) is 7.17. The van der Waals surface area contributed by atoms with Crippen LogP contribution in [0.5, 0.6) is 0 Å². The molecule has 5 nitrogen and oxygen atoms in total. The van der Waals surface area contributed by atoms with E-state index in [0.29, 0.717) is 5.75 Å². The summed E-state index contributed by atoms with van der Waals surface area (Å²) in [5, 5.41) is 15.6. The van der Waals surface area contributed by atoms with Crippen LogP contribution in [0, 0.1) is 0 Å². The maximum Gasteiger partial charge on any atom is 0.304 e. The van der Waals surface area contributed by atoms with Crippen molar-refractivity contribution in [1.82, 2.24) is 6.15 Å². The fraction of sp³-hybridized carbons (Fsp3) is 0.667. The van der Waals surface area contributed by atoms with E-state index in [2.05, 4.69) is 12.6 Å². The van der Waals surface area contributed by atoms with Crippen molar-refractivity contribution in [2.75, 3.05) is 5.75 Å². The van der Waals surface area contributed by atoms with Crippen LogP contribution >= 0.6 is 12.6 Å². The number of hydrogen-bond acceptors (Lipinski definition) is 4. The average Bonchev–Trinajstić information content (AvgIpc) is 1.89. The molecule has 0 atom stereocenters. The van der Waals surface area contributed by atoms with E-state index >= 15 is 0 Å². The maximum absolute atomic E-state index is 9.55. The standard InChI is InChI=1S/C3H6O2S.C3H6O2.H3N/c4-3(5)1-2-6;1-2-3(4)5;/h6H,1-2H2,(H,4,5);2H2,1H3,(H,4,5);1H3. The molecular formula is C6H15NO4S. The Balaban J connectivity index is -0.000000126. The summed E-state index contributed by atoms with van der Waals surface area (Å²) in [5.41, 5.74) is 0. The fourth-order valence-corrected chi connectivity index (χ4v) is 0.287. The van der Waals surface area contributed by atoms with E-state index in [-0.39, 0.29) is 19.0 Å². The van der Waals surface area contributed by atoms with Crippen molar-refractivity contribution in [3.63, 3.8) is 0 Å². The minimum Gasteiger partial charge on any atom is -0.481 e. The third-order valence-corrected chi connectivity index (χ3v) is 0.852. The summed E-state index contributed by atoms with van der Waals surface area (Å²) in [7, 11) is 0. The third kappa shape index (κ3) is 34.9. The van der Waals surface area contributed by atoms with Gasteiger partial charge in [-0.15, -0.1) is 0 Å². The first-order valence-electron chi connectivity index (χ1n) is 3.09. The van der Waals surface area contributed by atoms with Gasteiger partial charge in [0.1, 0.15) is 0 Å². The number of rotatable bonds is 3. The molecule has 5 N–H and O–H groups in total. The third-order valence-electron chi connectivity index (χ3n) is 0.628. The molecule has 6 heteroatoms. The molecule has 0 bridgehead atoms. The molecule has 0 aromatic carbocycles. The van der Waals surface area contributed by atoms with Gasteiger partial charge in [-0.3, -0.25) is 9.59 Å². The second-order valence-electron chi connectivity index (χ2n) is 1.61. The number of carboxylic acid groups (broad SMARTS) is 2. The topological polar surface area (TPSA) is 110 Å². The highest BCUT2D eigenvalue weighted by molar-refractivity contribution is 7.80. The first-order chi connectivity index (χ1) is 5.04. The highest BCUT2D eigenvalue weighted by Gasteiger charge is 1.88. The minimum absolute atomic E-state index is 0. The molecule has 0 aliphatic carbocycles. The van der Waals surface area contributed by atoms with Crippen molar-refractivity contribution in [3.8, 4) is 0 Å². The smallest absolute Gasteiger partial charge is 0.304 e. The second kappa shape index (κ2) is 12.9. The van der Waals surface area contributed by atoms with Gasteiger partial charge in [0.2, 0.25) is 0 Å². The molecular weight excluding hydrogens is 182 g/mol. The summed E-state index contributed by atoms with van der Waals surface area (Å²) >= 11 is 3.68. The summed E-state index contributed by atoms with van der Waals surface area (Å²) in [5.74, 6) is -1.11. The van der Waals surface area contributed by atoms with Crippen LogP contribution in [0.15, 0.2) is 0 Å². The predicted octanol–water partition coefficient (Wildman–Crippen LogP) is 1.03. The number of carbonyl (C=O) groups is 2. The molecule has 0 amide bonds. The van der Waals surface area contributed by atoms with Gasteiger partial charge in [-0.25, -0.2) is 0 Å². The van der Waals surface area contributed by atoms with Gasteiger partial charge in [-0.05, 0) is 0 Å². The SMILES string of the molecule is CCC(=O)O.N.O=C(O)CCS. The summed E-state index contributed by atoms with van der Waals surface area (Å²) in [4.78, 5) is 18.9. The van der Waals surface area contributed by atoms with E-state index < -0.39 is 11.9 Å². The molecule has 12 heavy (non-hydrogen) atoms. The number of aliphatic carboxylic acids is 2. The van der Waals surface area contributed by atoms with Crippen molar-refractivity contribution in [2.45, 2.75) is 19.8 Å². The highest BCUT2D eigenvalue weighted by Crippen LogP contribution is 1.79. The first-order valence-corrected chi connectivity index (χ1v) is 3.72. The number of carboxylic acids is 2. The molecule has 0 aliphatic rings. The average molecular weight is 197 g/mol. The Kier molecular flexibility index (Phi) is 18.6. The molecule has 0 heterocycles. The monoisotopic (exact) mass is 197 g/mol. The van der Waals surface area contributed by atoms with E-state index in [1.807, 2.05) is 0 Å². The molecule has 0 spiro atoms. The maximum atomic E-state index is 9.55. The summed E-state index contributed by atoms with van der Waals surface area (Å²) in [6, 6.07) is 0. The van der Waals surface area contributed by atoms with Gasteiger partial charge in [0.15, 0.2) is 0 Å². The second-order valence-corrected chi connectivity index (χ2v) is 2.06. The van der Waals surface area contributed by atoms with Gasteiger partial charge < -0.3 is 16.4 Å². The van der Waals surface area contributed by atoms with Gasteiger partial charge >= 0.3 is 11.9 Å². The van der Waals surface area contributed by atoms with Gasteiger partial charge in [0.25, 0.3) is 0 Å². The largest absolute Gasteiger partial charge is 0.481 e. The van der Waals surface area contributed by atoms with Crippen LogP contribution in [0.4, 0.5) is 0 Å². The number of hydrogen-bond donors (Lipinski definition) is 4. The summed E-state index contributed by atoms with van der Waals surface area (Å²) in [6.45, 7) is 1.60. The van der Waals surface area contributed by atoms with Crippen LogP contribution in [0.3, 0.4) is 0 Å². The van der Waals surface area contributed by atoms with Crippen molar-refractivity contribution in [1.29, 1.82) is 0 Å². The molecule has 0 aliphatic heterocycles. The summed E-state index contributed by atoms with van der Waals surface area (Å²) in [6.07, 6.45) is 0.378. The zero-order valence-electron chi connectivity index (χ0n) is 6.99. The Morgan fingerprint density at radius 2 is 1.58 bits per heavy atom. The Bertz CT molecular complexity index is 129. The van der Waals surface area contributed by atoms with E-state index in [1.54, 1.807) is 6.92 Å². The quantitative estimate of drug-likeness (QED) is 0.505. The zero-order chi connectivity index (χ0) is 9.28. The van der Waals surface area contributed by atoms with Gasteiger partial charge in [-0.2, -0.15) is 12.6 Å². The molecule has 0 saturated carbocycles. The van der Waals surface area contributed by atoms with Crippen molar-refractivity contribution in [3.05, 3.63) is 0 Å². The lowest BCUT2D eigenvalue weighted by molar-refractivity contribution is -0.137. The highest BCUT2D eigenvalue weighted by atomic mass is 32.1. The molecule has 0 aromatic heterocycles. The predicted molar refractivity (Wildman–Crippen MR) is 49.1 cm³/mol. The molecule has 0 rings (SSSR count). The molecule has 0 saturated heterocycles. The Morgan fingerprint density at radius 3 is 1.58 bits per heavy atom. The molecule has 0 radical (unpaired) electrons. The first kappa shape index (κ1) is 17.4. The van der Waals surface area contributed by atoms with Crippen molar-refractivity contribution < 1.29 is 19.8 Å². The molecule has 74 valence electrons. The van der Waals surface area contributed by atoms with Crippen LogP contribution < -0.4 is 6.15 Å². The lowest BCUT2D eigenvalue weighted by Gasteiger charge is -1.79. The van der Waals surface area contributed by atoms with Crippen LogP contribution in [0.1, 0.15) is 19.8 Å². The van der Waals surface area contributed by atoms with Crippen molar-refractivity contribution >= 4 is 24.6 Å².